The van der Waals surface area contributed by atoms with Crippen molar-refractivity contribution in [2.45, 2.75) is 16.7 Å². The summed E-state index contributed by atoms with van der Waals surface area (Å²) in [6, 6.07) is 40.0. The van der Waals surface area contributed by atoms with Gasteiger partial charge >= 0.3 is 0 Å². The lowest BCUT2D eigenvalue weighted by Gasteiger charge is -2.15. The predicted molar refractivity (Wildman–Crippen MR) is 148 cm³/mol. The Bertz CT molecular complexity index is 1560. The molecule has 0 atom stereocenters. The van der Waals surface area contributed by atoms with E-state index >= 15 is 0 Å². The van der Waals surface area contributed by atoms with E-state index in [2.05, 4.69) is 10.6 Å². The first-order valence-electron chi connectivity index (χ1n) is 11.7. The first-order chi connectivity index (χ1) is 17.5. The highest BCUT2D eigenvalue weighted by molar-refractivity contribution is 7.91. The standard InChI is InChI=1S/C31H26N2O2S/c1-23-12-19-29(20-13-23)36(34,35)31-22-25(16-21-30(31)33-27-10-6-3-7-11-27)24-14-17-28(18-15-24)32-26-8-4-2-5-9-26/h2-22,32-33H,1H3. The van der Waals surface area contributed by atoms with Crippen molar-refractivity contribution in [3.63, 3.8) is 0 Å². The predicted octanol–water partition coefficient (Wildman–Crippen LogP) is 7.98. The van der Waals surface area contributed by atoms with Crippen LogP contribution in [0.3, 0.4) is 0 Å². The Labute approximate surface area is 212 Å². The summed E-state index contributed by atoms with van der Waals surface area (Å²) in [7, 11) is -3.76. The second-order valence-electron chi connectivity index (χ2n) is 8.59. The smallest absolute Gasteiger partial charge is 0.208 e. The summed E-state index contributed by atoms with van der Waals surface area (Å²) in [6.45, 7) is 1.94. The molecule has 5 aromatic carbocycles. The maximum Gasteiger partial charge on any atom is 0.208 e. The van der Waals surface area contributed by atoms with Crippen molar-refractivity contribution in [2.24, 2.45) is 0 Å². The summed E-state index contributed by atoms with van der Waals surface area (Å²) < 4.78 is 27.5. The zero-order valence-corrected chi connectivity index (χ0v) is 20.7. The molecule has 5 aromatic rings. The van der Waals surface area contributed by atoms with Crippen LogP contribution in [0.25, 0.3) is 11.1 Å². The number of anilines is 4. The molecule has 0 amide bonds. The second-order valence-corrected chi connectivity index (χ2v) is 10.5. The molecule has 0 bridgehead atoms. The number of nitrogens with one attached hydrogen (secondary N) is 2. The average molecular weight is 491 g/mol. The van der Waals surface area contributed by atoms with E-state index in [9.17, 15) is 8.42 Å². The van der Waals surface area contributed by atoms with Crippen LogP contribution in [0, 0.1) is 6.92 Å². The Hall–Kier alpha value is -4.35. The Morgan fingerprint density at radius 2 is 1.06 bits per heavy atom. The maximum atomic E-state index is 13.7. The van der Waals surface area contributed by atoms with Crippen molar-refractivity contribution in [3.05, 3.63) is 133 Å². The molecule has 0 radical (unpaired) electrons. The zero-order valence-electron chi connectivity index (χ0n) is 19.8. The molecular weight excluding hydrogens is 464 g/mol. The molecule has 178 valence electrons. The summed E-state index contributed by atoms with van der Waals surface area (Å²) in [6.07, 6.45) is 0. The molecule has 36 heavy (non-hydrogen) atoms. The molecule has 4 nitrogen and oxygen atoms in total. The molecule has 2 N–H and O–H groups in total. The lowest BCUT2D eigenvalue weighted by molar-refractivity contribution is 0.596. The molecule has 0 aromatic heterocycles. The van der Waals surface area contributed by atoms with Gasteiger partial charge in [-0.1, -0.05) is 72.3 Å². The van der Waals surface area contributed by atoms with Crippen LogP contribution in [-0.2, 0) is 9.84 Å². The Morgan fingerprint density at radius 3 is 1.67 bits per heavy atom. The van der Waals surface area contributed by atoms with E-state index in [0.717, 1.165) is 33.8 Å². The number of sulfone groups is 1. The van der Waals surface area contributed by atoms with Gasteiger partial charge in [0.15, 0.2) is 0 Å². The minimum absolute atomic E-state index is 0.235. The molecule has 0 spiro atoms. The molecule has 0 aliphatic carbocycles. The summed E-state index contributed by atoms with van der Waals surface area (Å²) >= 11 is 0. The van der Waals surface area contributed by atoms with E-state index in [-0.39, 0.29) is 9.79 Å². The third-order valence-electron chi connectivity index (χ3n) is 5.94. The van der Waals surface area contributed by atoms with Gasteiger partial charge in [0.05, 0.1) is 15.5 Å². The Kier molecular flexibility index (Phi) is 6.56. The van der Waals surface area contributed by atoms with Gasteiger partial charge in [0.1, 0.15) is 0 Å². The van der Waals surface area contributed by atoms with Crippen LogP contribution < -0.4 is 10.6 Å². The van der Waals surface area contributed by atoms with Crippen molar-refractivity contribution >= 4 is 32.6 Å². The lowest BCUT2D eigenvalue weighted by atomic mass is 10.0. The summed E-state index contributed by atoms with van der Waals surface area (Å²) in [5.74, 6) is 0. The van der Waals surface area contributed by atoms with Crippen LogP contribution in [0.5, 0.6) is 0 Å². The van der Waals surface area contributed by atoms with Crippen molar-refractivity contribution < 1.29 is 8.42 Å². The molecule has 5 rings (SSSR count). The molecule has 0 saturated carbocycles. The number of hydrogen-bond acceptors (Lipinski definition) is 4. The first-order valence-corrected chi connectivity index (χ1v) is 13.2. The van der Waals surface area contributed by atoms with E-state index in [1.54, 1.807) is 18.2 Å². The van der Waals surface area contributed by atoms with Crippen LogP contribution in [0.15, 0.2) is 137 Å². The van der Waals surface area contributed by atoms with Gasteiger partial charge in [-0.2, -0.15) is 0 Å². The Balaban J connectivity index is 1.53. The topological polar surface area (TPSA) is 58.2 Å². The highest BCUT2D eigenvalue weighted by Gasteiger charge is 2.22. The van der Waals surface area contributed by atoms with E-state index < -0.39 is 9.84 Å². The lowest BCUT2D eigenvalue weighted by Crippen LogP contribution is -2.06. The molecule has 0 saturated heterocycles. The monoisotopic (exact) mass is 490 g/mol. The first kappa shape index (κ1) is 23.4. The molecule has 0 aliphatic heterocycles. The van der Waals surface area contributed by atoms with Gasteiger partial charge in [0.2, 0.25) is 9.84 Å². The van der Waals surface area contributed by atoms with Crippen molar-refractivity contribution in [1.82, 2.24) is 0 Å². The SMILES string of the molecule is Cc1ccc(S(=O)(=O)c2cc(-c3ccc(Nc4ccccc4)cc3)ccc2Nc2ccccc2)cc1. The van der Waals surface area contributed by atoms with E-state index in [4.69, 9.17) is 0 Å². The highest BCUT2D eigenvalue weighted by atomic mass is 32.2. The Morgan fingerprint density at radius 1 is 0.528 bits per heavy atom. The van der Waals surface area contributed by atoms with Crippen molar-refractivity contribution in [1.29, 1.82) is 0 Å². The molecular formula is C31H26N2O2S. The average Bonchev–Trinajstić information content (AvgIpc) is 2.91. The van der Waals surface area contributed by atoms with Gasteiger partial charge in [0, 0.05) is 17.1 Å². The normalized spacial score (nSPS) is 11.1. The van der Waals surface area contributed by atoms with Crippen LogP contribution >= 0.6 is 0 Å². The fourth-order valence-corrected chi connectivity index (χ4v) is 5.42. The van der Waals surface area contributed by atoms with Gasteiger partial charge in [0.25, 0.3) is 0 Å². The fraction of sp³-hybridized carbons (Fsp3) is 0.0323. The number of para-hydroxylation sites is 2. The molecule has 0 unspecified atom stereocenters. The largest absolute Gasteiger partial charge is 0.356 e. The number of hydrogen-bond donors (Lipinski definition) is 2. The number of aryl methyl sites for hydroxylation is 1. The van der Waals surface area contributed by atoms with Crippen molar-refractivity contribution in [3.8, 4) is 11.1 Å². The van der Waals surface area contributed by atoms with Gasteiger partial charge in [-0.05, 0) is 78.7 Å². The van der Waals surface area contributed by atoms with Crippen LogP contribution in [0.2, 0.25) is 0 Å². The van der Waals surface area contributed by atoms with E-state index in [0.29, 0.717) is 5.69 Å². The second kappa shape index (κ2) is 10.1. The summed E-state index contributed by atoms with van der Waals surface area (Å²) in [5.41, 5.74) is 6.09. The minimum atomic E-state index is -3.76. The zero-order chi connectivity index (χ0) is 25.0. The molecule has 0 aliphatic rings. The quantitative estimate of drug-likeness (QED) is 0.243. The van der Waals surface area contributed by atoms with Crippen LogP contribution in [0.1, 0.15) is 5.56 Å². The van der Waals surface area contributed by atoms with Gasteiger partial charge in [-0.3, -0.25) is 0 Å². The summed E-state index contributed by atoms with van der Waals surface area (Å²) in [5, 5.41) is 6.66. The number of benzene rings is 5. The van der Waals surface area contributed by atoms with Crippen LogP contribution in [-0.4, -0.2) is 8.42 Å². The summed E-state index contributed by atoms with van der Waals surface area (Å²) in [4.78, 5) is 0.503. The molecule has 0 fully saturated rings. The maximum absolute atomic E-state index is 13.7. The van der Waals surface area contributed by atoms with E-state index in [1.165, 1.54) is 0 Å². The van der Waals surface area contributed by atoms with Crippen molar-refractivity contribution in [2.75, 3.05) is 10.6 Å². The van der Waals surface area contributed by atoms with Gasteiger partial charge < -0.3 is 10.6 Å². The van der Waals surface area contributed by atoms with Crippen LogP contribution in [0.4, 0.5) is 22.7 Å². The third-order valence-corrected chi connectivity index (χ3v) is 7.75. The van der Waals surface area contributed by atoms with Gasteiger partial charge in [-0.25, -0.2) is 8.42 Å². The molecule has 0 heterocycles. The minimum Gasteiger partial charge on any atom is -0.356 e. The highest BCUT2D eigenvalue weighted by Crippen LogP contribution is 2.34. The fourth-order valence-electron chi connectivity index (χ4n) is 3.98. The third kappa shape index (κ3) is 5.16. The van der Waals surface area contributed by atoms with E-state index in [1.807, 2.05) is 116 Å². The molecule has 5 heteroatoms. The number of rotatable bonds is 7. The van der Waals surface area contributed by atoms with Gasteiger partial charge in [-0.15, -0.1) is 0 Å².